The van der Waals surface area contributed by atoms with Crippen LogP contribution in [-0.4, -0.2) is 34.9 Å². The lowest BCUT2D eigenvalue weighted by Gasteiger charge is -1.99. The van der Waals surface area contributed by atoms with Crippen LogP contribution in [0.25, 0.3) is 0 Å². The zero-order valence-electron chi connectivity index (χ0n) is 12.7. The van der Waals surface area contributed by atoms with Gasteiger partial charge >= 0.3 is 5.97 Å². The number of pyridine rings is 1. The van der Waals surface area contributed by atoms with Gasteiger partial charge < -0.3 is 22.4 Å². The van der Waals surface area contributed by atoms with Gasteiger partial charge in [-0.1, -0.05) is 5.16 Å². The first-order chi connectivity index (χ1) is 11.1. The van der Waals surface area contributed by atoms with Crippen molar-refractivity contribution in [1.29, 1.82) is 0 Å². The molecule has 24 heavy (non-hydrogen) atoms. The van der Waals surface area contributed by atoms with Crippen molar-refractivity contribution in [3.8, 4) is 0 Å². The van der Waals surface area contributed by atoms with E-state index in [2.05, 4.69) is 15.5 Å². The first kappa shape index (κ1) is 19.5. The number of rotatable bonds is 6. The second-order valence-corrected chi connectivity index (χ2v) is 5.22. The molecule has 8 nitrogen and oxygen atoms in total. The number of hydrogen-bond acceptors (Lipinski definition) is 7. The molecule has 0 aliphatic rings. The van der Waals surface area contributed by atoms with Crippen molar-refractivity contribution < 1.29 is 36.5 Å². The number of oxime groups is 1. The molecule has 0 spiro atoms. The Bertz CT molecular complexity index is 735. The Morgan fingerprint density at radius 3 is 3.04 bits per heavy atom. The molecule has 2 rings (SSSR count). The van der Waals surface area contributed by atoms with Crippen molar-refractivity contribution in [3.05, 3.63) is 41.2 Å². The van der Waals surface area contributed by atoms with Gasteiger partial charge in [-0.05, 0) is 13.0 Å². The van der Waals surface area contributed by atoms with Gasteiger partial charge in [0.2, 0.25) is 6.54 Å². The van der Waals surface area contributed by atoms with Crippen molar-refractivity contribution in [3.63, 3.8) is 0 Å². The Kier molecular flexibility index (Phi) is 7.80. The molecular formula is C14H15ClN4O4S. The number of carbonyl (C=O) groups is 2. The van der Waals surface area contributed by atoms with Crippen LogP contribution < -0.4 is 22.3 Å². The minimum atomic E-state index is -0.519. The molecule has 2 aromatic rings. The monoisotopic (exact) mass is 370 g/mol. The van der Waals surface area contributed by atoms with E-state index in [4.69, 9.17) is 9.94 Å². The lowest BCUT2D eigenvalue weighted by molar-refractivity contribution is -0.684. The summed E-state index contributed by atoms with van der Waals surface area (Å²) in [6, 6.07) is 3.47. The minimum Gasteiger partial charge on any atom is -1.00 e. The first-order valence-electron chi connectivity index (χ1n) is 6.71. The fourth-order valence-electron chi connectivity index (χ4n) is 1.74. The topological polar surface area (TPSA) is 105 Å². The van der Waals surface area contributed by atoms with Gasteiger partial charge in [-0.15, -0.1) is 11.3 Å². The quantitative estimate of drug-likeness (QED) is 0.202. The number of nitrogens with zero attached hydrogens (tertiary/aromatic N) is 3. The van der Waals surface area contributed by atoms with Gasteiger partial charge in [-0.2, -0.15) is 4.57 Å². The lowest BCUT2D eigenvalue weighted by Crippen LogP contribution is -3.00. The Hall–Kier alpha value is -2.52. The summed E-state index contributed by atoms with van der Waals surface area (Å²) in [6.07, 6.45) is 4.63. The average molecular weight is 371 g/mol. The van der Waals surface area contributed by atoms with E-state index >= 15 is 0 Å². The van der Waals surface area contributed by atoms with E-state index < -0.39 is 5.97 Å². The van der Waals surface area contributed by atoms with Gasteiger partial charge in [0.25, 0.3) is 5.91 Å². The summed E-state index contributed by atoms with van der Waals surface area (Å²) in [5.41, 5.74) is 0.822. The molecule has 2 N–H and O–H groups in total. The summed E-state index contributed by atoms with van der Waals surface area (Å²) >= 11 is 1.15. The summed E-state index contributed by atoms with van der Waals surface area (Å²) in [5.74, 6) is -0.813. The third kappa shape index (κ3) is 5.60. The SMILES string of the molecule is CCOC(=O)c1csc(NC(=O)C[n+]2cccc(/C=N/O)c2)n1.[Cl-]. The van der Waals surface area contributed by atoms with E-state index in [1.807, 2.05) is 0 Å². The van der Waals surface area contributed by atoms with Gasteiger partial charge in [0, 0.05) is 11.4 Å². The number of ether oxygens (including phenoxy) is 1. The second kappa shape index (κ2) is 9.58. The number of anilines is 1. The number of esters is 1. The number of carbonyl (C=O) groups excluding carboxylic acids is 2. The Labute approximate surface area is 148 Å². The lowest BCUT2D eigenvalue weighted by atomic mass is 10.3. The highest BCUT2D eigenvalue weighted by Gasteiger charge is 2.15. The number of hydrogen-bond donors (Lipinski definition) is 2. The van der Waals surface area contributed by atoms with Crippen LogP contribution in [0.1, 0.15) is 23.0 Å². The Morgan fingerprint density at radius 1 is 1.54 bits per heavy atom. The van der Waals surface area contributed by atoms with Crippen LogP contribution >= 0.6 is 11.3 Å². The molecule has 128 valence electrons. The maximum Gasteiger partial charge on any atom is 0.357 e. The van der Waals surface area contributed by atoms with E-state index in [-0.39, 0.29) is 37.2 Å². The summed E-state index contributed by atoms with van der Waals surface area (Å²) in [5, 5.41) is 15.9. The fourth-order valence-corrected chi connectivity index (χ4v) is 2.43. The maximum absolute atomic E-state index is 12.0. The molecular weight excluding hydrogens is 356 g/mol. The maximum atomic E-state index is 12.0. The van der Waals surface area contributed by atoms with Crippen LogP contribution in [0.4, 0.5) is 5.13 Å². The molecule has 0 aliphatic heterocycles. The molecule has 1 amide bonds. The van der Waals surface area contributed by atoms with Crippen LogP contribution in [0.5, 0.6) is 0 Å². The van der Waals surface area contributed by atoms with Crippen molar-refractivity contribution in [1.82, 2.24) is 4.98 Å². The zero-order valence-corrected chi connectivity index (χ0v) is 14.3. The van der Waals surface area contributed by atoms with Crippen LogP contribution in [0.2, 0.25) is 0 Å². The minimum absolute atomic E-state index is 0. The van der Waals surface area contributed by atoms with Gasteiger partial charge in [-0.25, -0.2) is 9.78 Å². The van der Waals surface area contributed by atoms with Crippen LogP contribution in [-0.2, 0) is 16.1 Å². The largest absolute Gasteiger partial charge is 1.00 e. The number of amides is 1. The first-order valence-corrected chi connectivity index (χ1v) is 7.59. The molecule has 2 aromatic heterocycles. The van der Waals surface area contributed by atoms with Gasteiger partial charge in [0.15, 0.2) is 23.2 Å². The van der Waals surface area contributed by atoms with Gasteiger partial charge in [-0.3, -0.25) is 10.1 Å². The highest BCUT2D eigenvalue weighted by Crippen LogP contribution is 2.15. The molecule has 0 aromatic carbocycles. The Morgan fingerprint density at radius 2 is 2.33 bits per heavy atom. The number of aromatic nitrogens is 2. The standard InChI is InChI=1S/C14H14N4O4S.ClH/c1-2-22-13(20)11-9-23-14(16-11)17-12(19)8-18-5-3-4-10(7-18)6-15-21;/h3-7,9H,2,8H2,1H3,(H-,16,17,19,21);1H/b15-6+;. The van der Waals surface area contributed by atoms with E-state index in [0.717, 1.165) is 11.3 Å². The van der Waals surface area contributed by atoms with E-state index in [9.17, 15) is 9.59 Å². The van der Waals surface area contributed by atoms with Crippen LogP contribution in [0.3, 0.4) is 0 Å². The smallest absolute Gasteiger partial charge is 0.357 e. The highest BCUT2D eigenvalue weighted by atomic mass is 35.5. The summed E-state index contributed by atoms with van der Waals surface area (Å²) in [7, 11) is 0. The molecule has 0 atom stereocenters. The molecule has 0 bridgehead atoms. The molecule has 0 unspecified atom stereocenters. The van der Waals surface area contributed by atoms with Crippen molar-refractivity contribution in [2.24, 2.45) is 5.16 Å². The number of thiazole rings is 1. The third-order valence-electron chi connectivity index (χ3n) is 2.65. The predicted molar refractivity (Wildman–Crippen MR) is 82.7 cm³/mol. The number of halogens is 1. The van der Waals surface area contributed by atoms with Crippen molar-refractivity contribution in [2.45, 2.75) is 13.5 Å². The van der Waals surface area contributed by atoms with E-state index in [1.165, 1.54) is 11.6 Å². The zero-order chi connectivity index (χ0) is 16.7. The molecule has 0 saturated carbocycles. The van der Waals surface area contributed by atoms with Crippen LogP contribution in [0, 0.1) is 0 Å². The molecule has 0 saturated heterocycles. The predicted octanol–water partition coefficient (Wildman–Crippen LogP) is -1.94. The number of nitrogens with one attached hydrogen (secondary N) is 1. The van der Waals surface area contributed by atoms with Gasteiger partial charge in [0.05, 0.1) is 18.4 Å². The van der Waals surface area contributed by atoms with E-state index in [0.29, 0.717) is 10.7 Å². The second-order valence-electron chi connectivity index (χ2n) is 4.36. The molecule has 0 radical (unpaired) electrons. The molecule has 0 aliphatic carbocycles. The van der Waals surface area contributed by atoms with Gasteiger partial charge in [0.1, 0.15) is 0 Å². The highest BCUT2D eigenvalue weighted by molar-refractivity contribution is 7.14. The molecule has 0 fully saturated rings. The van der Waals surface area contributed by atoms with E-state index in [1.54, 1.807) is 36.0 Å². The fraction of sp³-hybridized carbons (Fsp3) is 0.214. The normalized spacial score (nSPS) is 10.2. The molecule has 2 heterocycles. The third-order valence-corrected chi connectivity index (χ3v) is 3.41. The average Bonchev–Trinajstić information content (AvgIpc) is 2.96. The van der Waals surface area contributed by atoms with Crippen molar-refractivity contribution >= 4 is 34.6 Å². The summed E-state index contributed by atoms with van der Waals surface area (Å²) in [6.45, 7) is 2.03. The van der Waals surface area contributed by atoms with Crippen LogP contribution in [0.15, 0.2) is 35.1 Å². The van der Waals surface area contributed by atoms with Crippen molar-refractivity contribution in [2.75, 3.05) is 11.9 Å². The summed E-state index contributed by atoms with van der Waals surface area (Å²) in [4.78, 5) is 27.5. The Balaban J connectivity index is 0.00000288. The summed E-state index contributed by atoms with van der Waals surface area (Å²) < 4.78 is 6.46. The molecule has 10 heteroatoms.